The van der Waals surface area contributed by atoms with Gasteiger partial charge in [0.25, 0.3) is 0 Å². The van der Waals surface area contributed by atoms with Crippen LogP contribution in [-0.4, -0.2) is 37.2 Å². The fraction of sp³-hybridized carbons (Fsp3) is 0.312. The van der Waals surface area contributed by atoms with E-state index >= 15 is 0 Å². The molecule has 3 rings (SSSR count). The van der Waals surface area contributed by atoms with Gasteiger partial charge in [0.05, 0.1) is 19.8 Å². The number of rotatable bonds is 2. The lowest BCUT2D eigenvalue weighted by Gasteiger charge is -2.27. The molecule has 4 nitrogen and oxygen atoms in total. The van der Waals surface area contributed by atoms with Crippen LogP contribution < -0.4 is 5.73 Å². The highest BCUT2D eigenvalue weighted by Crippen LogP contribution is 2.19. The van der Waals surface area contributed by atoms with Gasteiger partial charge < -0.3 is 15.4 Å². The second-order valence-corrected chi connectivity index (χ2v) is 4.91. The van der Waals surface area contributed by atoms with Crippen LogP contribution in [-0.2, 0) is 11.3 Å². The van der Waals surface area contributed by atoms with Gasteiger partial charge in [0.1, 0.15) is 0 Å². The molecule has 1 saturated heterocycles. The minimum atomic E-state index is 0. The van der Waals surface area contributed by atoms with Gasteiger partial charge in [-0.2, -0.15) is 0 Å². The quantitative estimate of drug-likeness (QED) is 0.482. The minimum Gasteiger partial charge on any atom is -0.378 e. The monoisotopic (exact) mass is 397 g/mol. The lowest BCUT2D eigenvalue weighted by molar-refractivity contribution is 0.0674. The molecule has 0 spiro atoms. The van der Waals surface area contributed by atoms with E-state index in [0.29, 0.717) is 12.5 Å². The van der Waals surface area contributed by atoms with E-state index in [1.165, 1.54) is 16.3 Å². The van der Waals surface area contributed by atoms with E-state index < -0.39 is 0 Å². The van der Waals surface area contributed by atoms with E-state index in [-0.39, 0.29) is 24.0 Å². The van der Waals surface area contributed by atoms with Crippen molar-refractivity contribution in [1.29, 1.82) is 0 Å². The van der Waals surface area contributed by atoms with E-state index in [0.717, 1.165) is 26.3 Å². The fourth-order valence-corrected chi connectivity index (χ4v) is 2.49. The van der Waals surface area contributed by atoms with Crippen LogP contribution in [0, 0.1) is 0 Å². The van der Waals surface area contributed by atoms with E-state index in [1.807, 2.05) is 0 Å². The number of halogens is 1. The summed E-state index contributed by atoms with van der Waals surface area (Å²) in [5, 5.41) is 2.48. The van der Waals surface area contributed by atoms with Crippen LogP contribution in [0.15, 0.2) is 47.5 Å². The summed E-state index contributed by atoms with van der Waals surface area (Å²) < 4.78 is 5.32. The van der Waals surface area contributed by atoms with Gasteiger partial charge in [-0.25, -0.2) is 4.99 Å². The highest BCUT2D eigenvalue weighted by atomic mass is 127. The number of benzene rings is 2. The van der Waals surface area contributed by atoms with Gasteiger partial charge in [0, 0.05) is 13.1 Å². The molecule has 0 unspecified atom stereocenters. The van der Waals surface area contributed by atoms with Crippen LogP contribution in [0.2, 0.25) is 0 Å². The molecule has 2 N–H and O–H groups in total. The van der Waals surface area contributed by atoms with E-state index in [4.69, 9.17) is 10.5 Å². The summed E-state index contributed by atoms with van der Waals surface area (Å²) in [6, 6.07) is 14.7. The van der Waals surface area contributed by atoms with Gasteiger partial charge in [-0.15, -0.1) is 24.0 Å². The molecule has 2 aromatic rings. The van der Waals surface area contributed by atoms with Crippen molar-refractivity contribution >= 4 is 40.7 Å². The fourth-order valence-electron chi connectivity index (χ4n) is 2.49. The smallest absolute Gasteiger partial charge is 0.191 e. The number of morpholine rings is 1. The maximum absolute atomic E-state index is 6.06. The average Bonchev–Trinajstić information content (AvgIpc) is 2.53. The molecule has 1 aliphatic heterocycles. The molecular weight excluding hydrogens is 377 g/mol. The molecule has 0 saturated carbocycles. The Bertz CT molecular complexity index is 618. The number of hydrogen-bond donors (Lipinski definition) is 1. The summed E-state index contributed by atoms with van der Waals surface area (Å²) >= 11 is 0. The Kier molecular flexibility index (Phi) is 5.81. The number of fused-ring (bicyclic) bond motifs is 1. The predicted molar refractivity (Wildman–Crippen MR) is 97.1 cm³/mol. The lowest BCUT2D eigenvalue weighted by atomic mass is 10.1. The number of aliphatic imine (C=N–C) groups is 1. The van der Waals surface area contributed by atoms with Crippen molar-refractivity contribution in [2.24, 2.45) is 10.7 Å². The molecule has 0 amide bonds. The summed E-state index contributed by atoms with van der Waals surface area (Å²) in [6.45, 7) is 3.72. The molecule has 1 aliphatic rings. The van der Waals surface area contributed by atoms with Crippen LogP contribution in [0.1, 0.15) is 5.56 Å². The van der Waals surface area contributed by atoms with Crippen molar-refractivity contribution in [2.45, 2.75) is 6.54 Å². The second-order valence-electron chi connectivity index (χ2n) is 4.91. The summed E-state index contributed by atoms with van der Waals surface area (Å²) in [6.07, 6.45) is 0. The molecule has 0 radical (unpaired) electrons. The van der Waals surface area contributed by atoms with Crippen LogP contribution in [0.4, 0.5) is 0 Å². The molecule has 5 heteroatoms. The molecule has 1 heterocycles. The summed E-state index contributed by atoms with van der Waals surface area (Å²) in [4.78, 5) is 6.61. The molecule has 112 valence electrons. The van der Waals surface area contributed by atoms with Gasteiger partial charge in [-0.05, 0) is 16.3 Å². The van der Waals surface area contributed by atoms with Crippen molar-refractivity contribution in [3.63, 3.8) is 0 Å². The van der Waals surface area contributed by atoms with Crippen molar-refractivity contribution in [1.82, 2.24) is 4.90 Å². The second kappa shape index (κ2) is 7.61. The van der Waals surface area contributed by atoms with Gasteiger partial charge >= 0.3 is 0 Å². The molecular formula is C16H20IN3O. The normalized spacial score (nSPS) is 15.8. The first-order valence-corrected chi connectivity index (χ1v) is 6.94. The van der Waals surface area contributed by atoms with E-state index in [2.05, 4.69) is 52.4 Å². The number of nitrogens with zero attached hydrogens (tertiary/aromatic N) is 2. The molecule has 0 atom stereocenters. The molecule has 0 aliphatic carbocycles. The SMILES string of the molecule is I.NC(=NCc1cccc2ccccc12)N1CCOCC1. The van der Waals surface area contributed by atoms with Gasteiger partial charge in [0.15, 0.2) is 5.96 Å². The van der Waals surface area contributed by atoms with Crippen LogP contribution in [0.25, 0.3) is 10.8 Å². The first kappa shape index (κ1) is 16.0. The van der Waals surface area contributed by atoms with Crippen LogP contribution in [0.3, 0.4) is 0 Å². The van der Waals surface area contributed by atoms with Crippen molar-refractivity contribution in [2.75, 3.05) is 26.3 Å². The highest BCUT2D eigenvalue weighted by molar-refractivity contribution is 14.0. The zero-order valence-electron chi connectivity index (χ0n) is 11.9. The summed E-state index contributed by atoms with van der Waals surface area (Å²) in [5.74, 6) is 0.612. The summed E-state index contributed by atoms with van der Waals surface area (Å²) in [5.41, 5.74) is 7.27. The maximum Gasteiger partial charge on any atom is 0.191 e. The van der Waals surface area contributed by atoms with E-state index in [9.17, 15) is 0 Å². The number of nitrogens with two attached hydrogens (primary N) is 1. The Morgan fingerprint density at radius 1 is 1.10 bits per heavy atom. The average molecular weight is 397 g/mol. The largest absolute Gasteiger partial charge is 0.378 e. The number of hydrogen-bond acceptors (Lipinski definition) is 2. The lowest BCUT2D eigenvalue weighted by Crippen LogP contribution is -2.44. The minimum absolute atomic E-state index is 0. The van der Waals surface area contributed by atoms with Gasteiger partial charge in [-0.3, -0.25) is 0 Å². The third kappa shape index (κ3) is 3.85. The Morgan fingerprint density at radius 3 is 2.62 bits per heavy atom. The molecule has 2 aromatic carbocycles. The van der Waals surface area contributed by atoms with Gasteiger partial charge in [0.2, 0.25) is 0 Å². The molecule has 0 bridgehead atoms. The standard InChI is InChI=1S/C16H19N3O.HI/c17-16(19-8-10-20-11-9-19)18-12-14-6-3-5-13-4-1-2-7-15(13)14;/h1-7H,8-12H2,(H2,17,18);1H. The third-order valence-electron chi connectivity index (χ3n) is 3.63. The maximum atomic E-state index is 6.06. The molecule has 0 aromatic heterocycles. The van der Waals surface area contributed by atoms with Gasteiger partial charge in [-0.1, -0.05) is 42.5 Å². The van der Waals surface area contributed by atoms with Crippen molar-refractivity contribution in [3.8, 4) is 0 Å². The van der Waals surface area contributed by atoms with Crippen molar-refractivity contribution < 1.29 is 4.74 Å². The Hall–Kier alpha value is -1.34. The van der Waals surface area contributed by atoms with E-state index in [1.54, 1.807) is 0 Å². The Morgan fingerprint density at radius 2 is 1.81 bits per heavy atom. The molecule has 1 fully saturated rings. The number of guanidine groups is 1. The van der Waals surface area contributed by atoms with Crippen LogP contribution in [0.5, 0.6) is 0 Å². The zero-order valence-corrected chi connectivity index (χ0v) is 14.2. The topological polar surface area (TPSA) is 50.8 Å². The Labute approximate surface area is 142 Å². The first-order chi connectivity index (χ1) is 9.84. The number of ether oxygens (including phenoxy) is 1. The highest BCUT2D eigenvalue weighted by Gasteiger charge is 2.12. The third-order valence-corrected chi connectivity index (χ3v) is 3.63. The first-order valence-electron chi connectivity index (χ1n) is 6.94. The Balaban J connectivity index is 0.00000161. The predicted octanol–water partition coefficient (Wildman–Crippen LogP) is 2.60. The van der Waals surface area contributed by atoms with Crippen LogP contribution >= 0.6 is 24.0 Å². The zero-order chi connectivity index (χ0) is 13.8. The molecule has 21 heavy (non-hydrogen) atoms. The summed E-state index contributed by atoms with van der Waals surface area (Å²) in [7, 11) is 0. The van der Waals surface area contributed by atoms with Crippen molar-refractivity contribution in [3.05, 3.63) is 48.0 Å².